The third kappa shape index (κ3) is 8.18. The van der Waals surface area contributed by atoms with Crippen LogP contribution in [0.4, 0.5) is 24.5 Å². The van der Waals surface area contributed by atoms with Gasteiger partial charge >= 0.3 is 11.9 Å². The highest BCUT2D eigenvalue weighted by Gasteiger charge is 2.45. The quantitative estimate of drug-likeness (QED) is 0.148. The summed E-state index contributed by atoms with van der Waals surface area (Å²) in [6.45, 7) is 13.0. The molecule has 0 radical (unpaired) electrons. The zero-order chi connectivity index (χ0) is 36.9. The van der Waals surface area contributed by atoms with Gasteiger partial charge in [-0.05, 0) is 80.9 Å². The van der Waals surface area contributed by atoms with Crippen LogP contribution in [0, 0.1) is 0 Å². The number of aromatic nitrogens is 5. The van der Waals surface area contributed by atoms with Crippen molar-refractivity contribution in [2.24, 2.45) is 0 Å². The molecule has 3 atom stereocenters. The molecule has 52 heavy (non-hydrogen) atoms. The van der Waals surface area contributed by atoms with Gasteiger partial charge in [0.25, 0.3) is 0 Å². The summed E-state index contributed by atoms with van der Waals surface area (Å²) in [5.41, 5.74) is 1.98. The molecule has 2 aromatic carbocycles. The highest BCUT2D eigenvalue weighted by Crippen LogP contribution is 2.36. The first kappa shape index (κ1) is 36.7. The number of hydrogen-bond acceptors (Lipinski definition) is 8. The molecule has 0 N–H and O–H groups in total. The molecule has 1 unspecified atom stereocenters. The zero-order valence-electron chi connectivity index (χ0n) is 29.6. The number of halogens is 3. The topological polar surface area (TPSA) is 91.8 Å². The number of rotatable bonds is 13. The molecule has 0 amide bonds. The first-order valence-electron chi connectivity index (χ1n) is 17.4. The minimum Gasteiger partial charge on any atom is -0.491 e. The minimum absolute atomic E-state index is 0.0202. The molecule has 4 heterocycles. The fraction of sp³-hybridized carbons (Fsp3) is 0.395. The number of hydrogen-bond donors (Lipinski definition) is 0. The number of benzene rings is 2. The van der Waals surface area contributed by atoms with Gasteiger partial charge in [0.1, 0.15) is 24.8 Å². The standard InChI is InChI=1S/C38H44F3N7O4/c1-5-8-30(38(39,40)41)23-28(3)37(26-46-18-7-17-42-46)51-25-35(52-37)24-50-34-15-13-32(14-16-34)45-21-19-44(20-22-45)31-9-11-33(12-10-31)47-27-43-48(36(47)49)29(4)6-2/h5,7-18,23,27,29,35H,3,6,19-22,24-26H2,1-2,4H3/b8-5-,30-23+/t29?,35-,37-/m1/s1. The molecule has 2 saturated heterocycles. The Balaban J connectivity index is 1.02. The number of piperazine rings is 1. The largest absolute Gasteiger partial charge is 0.491 e. The van der Waals surface area contributed by atoms with Gasteiger partial charge < -0.3 is 24.0 Å². The van der Waals surface area contributed by atoms with Gasteiger partial charge in [-0.15, -0.1) is 0 Å². The number of anilines is 2. The third-order valence-electron chi connectivity index (χ3n) is 9.39. The minimum atomic E-state index is -4.57. The van der Waals surface area contributed by atoms with Crippen molar-refractivity contribution in [2.45, 2.75) is 57.8 Å². The second kappa shape index (κ2) is 15.7. The van der Waals surface area contributed by atoms with Gasteiger partial charge in [-0.25, -0.2) is 14.0 Å². The van der Waals surface area contributed by atoms with Gasteiger partial charge in [-0.1, -0.05) is 25.7 Å². The van der Waals surface area contributed by atoms with E-state index in [9.17, 15) is 18.0 Å². The first-order chi connectivity index (χ1) is 25.0. The van der Waals surface area contributed by atoms with E-state index in [1.54, 1.807) is 29.4 Å². The molecular formula is C38H44F3N7O4. The van der Waals surface area contributed by atoms with Crippen molar-refractivity contribution in [3.63, 3.8) is 0 Å². The van der Waals surface area contributed by atoms with Crippen LogP contribution < -0.4 is 20.2 Å². The van der Waals surface area contributed by atoms with Crippen molar-refractivity contribution in [2.75, 3.05) is 49.2 Å². The Morgan fingerprint density at radius 3 is 2.25 bits per heavy atom. The van der Waals surface area contributed by atoms with Crippen LogP contribution in [0.3, 0.4) is 0 Å². The molecule has 11 nitrogen and oxygen atoms in total. The summed E-state index contributed by atoms with van der Waals surface area (Å²) >= 11 is 0. The summed E-state index contributed by atoms with van der Waals surface area (Å²) in [6, 6.07) is 17.6. The summed E-state index contributed by atoms with van der Waals surface area (Å²) in [7, 11) is 0. The Morgan fingerprint density at radius 2 is 1.67 bits per heavy atom. The van der Waals surface area contributed by atoms with E-state index < -0.39 is 23.6 Å². The highest BCUT2D eigenvalue weighted by atomic mass is 19.4. The van der Waals surface area contributed by atoms with Crippen molar-refractivity contribution >= 4 is 11.4 Å². The Labute approximate surface area is 300 Å². The highest BCUT2D eigenvalue weighted by molar-refractivity contribution is 5.54. The van der Waals surface area contributed by atoms with Crippen molar-refractivity contribution < 1.29 is 27.4 Å². The van der Waals surface area contributed by atoms with Crippen molar-refractivity contribution in [3.8, 4) is 11.4 Å². The fourth-order valence-electron chi connectivity index (χ4n) is 6.27. The van der Waals surface area contributed by atoms with E-state index in [0.29, 0.717) is 5.75 Å². The van der Waals surface area contributed by atoms with Gasteiger partial charge in [-0.2, -0.15) is 23.4 Å². The van der Waals surface area contributed by atoms with Crippen LogP contribution in [0.25, 0.3) is 5.69 Å². The van der Waals surface area contributed by atoms with Gasteiger partial charge in [0.2, 0.25) is 5.79 Å². The van der Waals surface area contributed by atoms with Gasteiger partial charge in [-0.3, -0.25) is 4.68 Å². The van der Waals surface area contributed by atoms with Crippen molar-refractivity contribution in [3.05, 3.63) is 120 Å². The molecule has 2 aliphatic rings. The Bertz CT molecular complexity index is 1910. The maximum Gasteiger partial charge on any atom is 0.416 e. The van der Waals surface area contributed by atoms with Crippen molar-refractivity contribution in [1.82, 2.24) is 24.1 Å². The molecule has 2 aromatic heterocycles. The number of nitrogens with zero attached hydrogens (tertiary/aromatic N) is 7. The molecule has 6 rings (SSSR count). The van der Waals surface area contributed by atoms with Gasteiger partial charge in [0.15, 0.2) is 0 Å². The van der Waals surface area contributed by atoms with E-state index >= 15 is 0 Å². The predicted octanol–water partition coefficient (Wildman–Crippen LogP) is 6.34. The predicted molar refractivity (Wildman–Crippen MR) is 193 cm³/mol. The van der Waals surface area contributed by atoms with Gasteiger partial charge in [0.05, 0.1) is 30.5 Å². The summed E-state index contributed by atoms with van der Waals surface area (Å²) in [6.07, 6.45) is 3.80. The van der Waals surface area contributed by atoms with E-state index in [4.69, 9.17) is 14.2 Å². The van der Waals surface area contributed by atoms with E-state index in [1.807, 2.05) is 62.4 Å². The lowest BCUT2D eigenvalue weighted by atomic mass is 10.0. The fourth-order valence-corrected chi connectivity index (χ4v) is 6.27. The smallest absolute Gasteiger partial charge is 0.416 e. The summed E-state index contributed by atoms with van der Waals surface area (Å²) < 4.78 is 64.0. The Morgan fingerprint density at radius 1 is 1.04 bits per heavy atom. The van der Waals surface area contributed by atoms with Crippen LogP contribution in [-0.4, -0.2) is 81.6 Å². The summed E-state index contributed by atoms with van der Waals surface area (Å²) in [5, 5.41) is 8.47. The van der Waals surface area contributed by atoms with Crippen LogP contribution in [0.15, 0.2) is 114 Å². The average Bonchev–Trinajstić information content (AvgIpc) is 3.91. The lowest BCUT2D eigenvalue weighted by Crippen LogP contribution is -2.46. The number of ether oxygens (including phenoxy) is 3. The lowest BCUT2D eigenvalue weighted by Gasteiger charge is -2.37. The zero-order valence-corrected chi connectivity index (χ0v) is 29.6. The second-order valence-corrected chi connectivity index (χ2v) is 12.9. The van der Waals surface area contributed by atoms with E-state index in [0.717, 1.165) is 61.8 Å². The first-order valence-corrected chi connectivity index (χ1v) is 17.4. The number of allylic oxidation sites excluding steroid dienone is 3. The van der Waals surface area contributed by atoms with Crippen LogP contribution in [-0.2, 0) is 16.0 Å². The summed E-state index contributed by atoms with van der Waals surface area (Å²) in [5.74, 6) is -0.918. The molecule has 2 fully saturated rings. The number of alkyl halides is 3. The van der Waals surface area contributed by atoms with E-state index in [1.165, 1.54) is 22.4 Å². The Kier molecular flexibility index (Phi) is 11.1. The van der Waals surface area contributed by atoms with Gasteiger partial charge in [0, 0.05) is 55.5 Å². The molecule has 4 aromatic rings. The maximum atomic E-state index is 13.7. The van der Waals surface area contributed by atoms with Crippen LogP contribution >= 0.6 is 0 Å². The molecular weight excluding hydrogens is 675 g/mol. The molecule has 2 aliphatic heterocycles. The third-order valence-corrected chi connectivity index (χ3v) is 9.39. The molecule has 0 spiro atoms. The molecule has 0 saturated carbocycles. The van der Waals surface area contributed by atoms with E-state index in [2.05, 4.69) is 26.6 Å². The molecule has 14 heteroatoms. The Hall–Kier alpha value is -5.08. The van der Waals surface area contributed by atoms with Crippen molar-refractivity contribution in [1.29, 1.82) is 0 Å². The normalized spacial score (nSPS) is 20.5. The average molecular weight is 720 g/mol. The van der Waals surface area contributed by atoms with E-state index in [-0.39, 0.29) is 37.1 Å². The second-order valence-electron chi connectivity index (χ2n) is 12.9. The maximum absolute atomic E-state index is 13.7. The molecule has 276 valence electrons. The summed E-state index contributed by atoms with van der Waals surface area (Å²) in [4.78, 5) is 17.4. The monoisotopic (exact) mass is 719 g/mol. The SMILES string of the molecule is C=C(/C=C(\C=C/C)C(F)(F)F)[C@]1(Cn2cccn2)OC[C@@H](COc2ccc(N3CCN(c4ccc(-n5cnn(C(C)CC)c5=O)cc4)CC3)cc2)O1. The molecule has 0 aliphatic carbocycles. The molecule has 0 bridgehead atoms. The van der Waals surface area contributed by atoms with Crippen LogP contribution in [0.1, 0.15) is 33.2 Å². The lowest BCUT2D eigenvalue weighted by molar-refractivity contribution is -0.150. The van der Waals surface area contributed by atoms with Crippen LogP contribution in [0.2, 0.25) is 0 Å². The van der Waals surface area contributed by atoms with Crippen LogP contribution in [0.5, 0.6) is 5.75 Å².